The van der Waals surface area contributed by atoms with Crippen molar-refractivity contribution in [3.63, 3.8) is 0 Å². The molecule has 0 bridgehead atoms. The van der Waals surface area contributed by atoms with Gasteiger partial charge < -0.3 is 26.0 Å². The van der Waals surface area contributed by atoms with Gasteiger partial charge in [-0.2, -0.15) is 0 Å². The Morgan fingerprint density at radius 2 is 1.83 bits per heavy atom. The van der Waals surface area contributed by atoms with Crippen LogP contribution in [0.5, 0.6) is 0 Å². The minimum absolute atomic E-state index is 0.246. The number of benzene rings is 1. The summed E-state index contributed by atoms with van der Waals surface area (Å²) >= 11 is 0. The summed E-state index contributed by atoms with van der Waals surface area (Å²) in [5.74, 6) is 0. The highest BCUT2D eigenvalue weighted by Crippen LogP contribution is 2.28. The number of amides is 1. The molecule has 1 aromatic rings. The van der Waals surface area contributed by atoms with Crippen molar-refractivity contribution in [2.45, 2.75) is 39.8 Å². The monoisotopic (exact) mass is 320 g/mol. The van der Waals surface area contributed by atoms with E-state index in [1.54, 1.807) is 4.90 Å². The van der Waals surface area contributed by atoms with E-state index < -0.39 is 5.60 Å². The summed E-state index contributed by atoms with van der Waals surface area (Å²) in [5.41, 5.74) is 15.3. The van der Waals surface area contributed by atoms with Gasteiger partial charge in [0.2, 0.25) is 0 Å². The van der Waals surface area contributed by atoms with Crippen LogP contribution < -0.4 is 16.4 Å². The van der Waals surface area contributed by atoms with Crippen molar-refractivity contribution in [3.05, 3.63) is 23.3 Å². The number of nitrogen functional groups attached to an aromatic ring is 1. The van der Waals surface area contributed by atoms with Crippen LogP contribution >= 0.6 is 0 Å². The number of rotatable bonds is 2. The van der Waals surface area contributed by atoms with Crippen LogP contribution in [0.2, 0.25) is 0 Å². The van der Waals surface area contributed by atoms with E-state index in [4.69, 9.17) is 16.2 Å². The van der Waals surface area contributed by atoms with Crippen LogP contribution in [0.3, 0.4) is 0 Å². The molecule has 0 radical (unpaired) electrons. The van der Waals surface area contributed by atoms with E-state index in [-0.39, 0.29) is 6.09 Å². The van der Waals surface area contributed by atoms with Crippen molar-refractivity contribution in [1.29, 1.82) is 0 Å². The molecule has 4 N–H and O–H groups in total. The van der Waals surface area contributed by atoms with Crippen molar-refractivity contribution < 1.29 is 9.53 Å². The number of hydrogen-bond donors (Lipinski definition) is 2. The van der Waals surface area contributed by atoms with Gasteiger partial charge in [-0.15, -0.1) is 0 Å². The van der Waals surface area contributed by atoms with Crippen molar-refractivity contribution in [1.82, 2.24) is 4.90 Å². The largest absolute Gasteiger partial charge is 0.444 e. The van der Waals surface area contributed by atoms with Gasteiger partial charge in [-0.05, 0) is 51.0 Å². The Kier molecular flexibility index (Phi) is 5.04. The molecule has 128 valence electrons. The minimum Gasteiger partial charge on any atom is -0.444 e. The molecule has 1 aliphatic heterocycles. The first kappa shape index (κ1) is 17.4. The Morgan fingerprint density at radius 3 is 2.35 bits per heavy atom. The van der Waals surface area contributed by atoms with E-state index in [1.807, 2.05) is 33.8 Å². The van der Waals surface area contributed by atoms with Crippen molar-refractivity contribution in [2.24, 2.45) is 5.73 Å². The zero-order valence-electron chi connectivity index (χ0n) is 14.6. The lowest BCUT2D eigenvalue weighted by molar-refractivity contribution is 0.0240. The van der Waals surface area contributed by atoms with Crippen LogP contribution in [0.15, 0.2) is 12.1 Å². The van der Waals surface area contributed by atoms with Gasteiger partial charge in [0, 0.05) is 44.1 Å². The number of piperazine rings is 1. The third kappa shape index (κ3) is 4.28. The lowest BCUT2D eigenvalue weighted by atomic mass is 10.1. The first-order valence-electron chi connectivity index (χ1n) is 8.03. The van der Waals surface area contributed by atoms with E-state index in [0.717, 1.165) is 35.6 Å². The van der Waals surface area contributed by atoms with Crippen molar-refractivity contribution >= 4 is 17.5 Å². The van der Waals surface area contributed by atoms with E-state index in [0.29, 0.717) is 19.6 Å². The number of anilines is 2. The number of ether oxygens (including phenoxy) is 1. The second-order valence-electron chi connectivity index (χ2n) is 6.99. The average Bonchev–Trinajstić information content (AvgIpc) is 2.48. The van der Waals surface area contributed by atoms with Crippen LogP contribution in [0.25, 0.3) is 0 Å². The molecule has 0 unspecified atom stereocenters. The van der Waals surface area contributed by atoms with Gasteiger partial charge in [0.15, 0.2) is 0 Å². The highest BCUT2D eigenvalue weighted by molar-refractivity contribution is 5.70. The third-order valence-corrected chi connectivity index (χ3v) is 3.99. The fraction of sp³-hybridized carbons (Fsp3) is 0.588. The Labute approximate surface area is 138 Å². The molecule has 1 aromatic carbocycles. The van der Waals surface area contributed by atoms with E-state index in [2.05, 4.69) is 11.0 Å². The molecule has 23 heavy (non-hydrogen) atoms. The summed E-state index contributed by atoms with van der Waals surface area (Å²) in [6.45, 7) is 10.9. The third-order valence-electron chi connectivity index (χ3n) is 3.99. The van der Waals surface area contributed by atoms with Gasteiger partial charge in [0.25, 0.3) is 0 Å². The molecule has 1 aliphatic rings. The number of hydrogen-bond acceptors (Lipinski definition) is 5. The average molecular weight is 320 g/mol. The molecule has 1 amide bonds. The van der Waals surface area contributed by atoms with Crippen LogP contribution in [0.4, 0.5) is 16.2 Å². The molecule has 1 saturated heterocycles. The van der Waals surface area contributed by atoms with Crippen LogP contribution in [0, 0.1) is 6.92 Å². The van der Waals surface area contributed by atoms with Gasteiger partial charge in [0.05, 0.1) is 0 Å². The van der Waals surface area contributed by atoms with Gasteiger partial charge in [0.1, 0.15) is 5.60 Å². The molecule has 0 atom stereocenters. The van der Waals surface area contributed by atoms with Gasteiger partial charge in [-0.25, -0.2) is 4.79 Å². The molecule has 0 aliphatic carbocycles. The molecular weight excluding hydrogens is 292 g/mol. The van der Waals surface area contributed by atoms with Crippen LogP contribution in [-0.2, 0) is 11.3 Å². The fourth-order valence-corrected chi connectivity index (χ4v) is 2.68. The second kappa shape index (κ2) is 6.66. The highest BCUT2D eigenvalue weighted by atomic mass is 16.6. The summed E-state index contributed by atoms with van der Waals surface area (Å²) in [5, 5.41) is 0. The molecule has 6 nitrogen and oxygen atoms in total. The summed E-state index contributed by atoms with van der Waals surface area (Å²) in [6.07, 6.45) is -0.246. The molecule has 2 rings (SSSR count). The van der Waals surface area contributed by atoms with Gasteiger partial charge >= 0.3 is 6.09 Å². The number of nitrogens with zero attached hydrogens (tertiary/aromatic N) is 2. The predicted octanol–water partition coefficient (Wildman–Crippen LogP) is 2.09. The standard InChI is InChI=1S/C17H28N4O2/c1-12-14(19)9-13(11-18)10-15(12)20-5-7-21(8-6-20)16(22)23-17(2,3)4/h9-10H,5-8,11,18-19H2,1-4H3. The predicted molar refractivity (Wildman–Crippen MR) is 93.5 cm³/mol. The molecule has 1 heterocycles. The SMILES string of the molecule is Cc1c(N)cc(CN)cc1N1CCN(C(=O)OC(C)(C)C)CC1. The maximum atomic E-state index is 12.1. The summed E-state index contributed by atoms with van der Waals surface area (Å²) < 4.78 is 5.43. The van der Waals surface area contributed by atoms with Crippen molar-refractivity contribution in [3.8, 4) is 0 Å². The second-order valence-corrected chi connectivity index (χ2v) is 6.99. The first-order valence-corrected chi connectivity index (χ1v) is 8.03. The topological polar surface area (TPSA) is 84.8 Å². The number of carbonyl (C=O) groups is 1. The van der Waals surface area contributed by atoms with E-state index in [1.165, 1.54) is 0 Å². The maximum Gasteiger partial charge on any atom is 0.410 e. The smallest absolute Gasteiger partial charge is 0.410 e. The highest BCUT2D eigenvalue weighted by Gasteiger charge is 2.26. The zero-order valence-corrected chi connectivity index (χ0v) is 14.6. The Bertz CT molecular complexity index is 573. The maximum absolute atomic E-state index is 12.1. The Balaban J connectivity index is 2.05. The molecular formula is C17H28N4O2. The van der Waals surface area contributed by atoms with Crippen LogP contribution in [0.1, 0.15) is 31.9 Å². The van der Waals surface area contributed by atoms with Crippen molar-refractivity contribution in [2.75, 3.05) is 36.8 Å². The summed E-state index contributed by atoms with van der Waals surface area (Å²) in [4.78, 5) is 16.1. The quantitative estimate of drug-likeness (QED) is 0.815. The normalized spacial score (nSPS) is 15.7. The number of nitrogens with two attached hydrogens (primary N) is 2. The van der Waals surface area contributed by atoms with Crippen LogP contribution in [-0.4, -0.2) is 42.8 Å². The molecule has 6 heteroatoms. The van der Waals surface area contributed by atoms with Gasteiger partial charge in [-0.3, -0.25) is 0 Å². The van der Waals surface area contributed by atoms with E-state index >= 15 is 0 Å². The van der Waals surface area contributed by atoms with Gasteiger partial charge in [-0.1, -0.05) is 0 Å². The Morgan fingerprint density at radius 1 is 1.22 bits per heavy atom. The zero-order chi connectivity index (χ0) is 17.2. The number of carbonyl (C=O) groups excluding carboxylic acids is 1. The fourth-order valence-electron chi connectivity index (χ4n) is 2.68. The molecule has 0 spiro atoms. The lowest BCUT2D eigenvalue weighted by Crippen LogP contribution is -2.50. The first-order chi connectivity index (χ1) is 10.7. The Hall–Kier alpha value is -1.95. The summed E-state index contributed by atoms with van der Waals surface area (Å²) in [6, 6.07) is 4.02. The minimum atomic E-state index is -0.464. The molecule has 0 saturated carbocycles. The van der Waals surface area contributed by atoms with E-state index in [9.17, 15) is 4.79 Å². The molecule has 0 aromatic heterocycles. The lowest BCUT2D eigenvalue weighted by Gasteiger charge is -2.37. The molecule has 1 fully saturated rings. The summed E-state index contributed by atoms with van der Waals surface area (Å²) in [7, 11) is 0.